The van der Waals surface area contributed by atoms with E-state index in [0.717, 1.165) is 12.5 Å². The van der Waals surface area contributed by atoms with E-state index in [0.29, 0.717) is 11.3 Å². The SMILES string of the molecule is C=Cc1cc(C(F)(F)F)c2ccc3nc(-c4nnco4)cn3c2n1. The van der Waals surface area contributed by atoms with E-state index in [1.165, 1.54) is 28.8 Å². The molecule has 0 aliphatic heterocycles. The summed E-state index contributed by atoms with van der Waals surface area (Å²) in [5.74, 6) is 0.169. The van der Waals surface area contributed by atoms with Gasteiger partial charge in [-0.25, -0.2) is 9.97 Å². The lowest BCUT2D eigenvalue weighted by Gasteiger charge is -2.12. The van der Waals surface area contributed by atoms with Gasteiger partial charge in [0.1, 0.15) is 17.0 Å². The fraction of sp³-hybridized carbons (Fsp3) is 0.0667. The number of rotatable bonds is 2. The number of nitrogens with zero attached hydrogens (tertiary/aromatic N) is 5. The average molecular weight is 331 g/mol. The van der Waals surface area contributed by atoms with E-state index in [9.17, 15) is 13.2 Å². The van der Waals surface area contributed by atoms with Crippen LogP contribution in [0.15, 0.2) is 41.8 Å². The fourth-order valence-corrected chi connectivity index (χ4v) is 2.48. The first kappa shape index (κ1) is 14.4. The third-order valence-corrected chi connectivity index (χ3v) is 3.51. The third-order valence-electron chi connectivity index (χ3n) is 3.51. The number of pyridine rings is 2. The Morgan fingerprint density at radius 3 is 2.71 bits per heavy atom. The van der Waals surface area contributed by atoms with Crippen LogP contribution in [0.1, 0.15) is 11.3 Å². The van der Waals surface area contributed by atoms with Crippen LogP contribution in [0.3, 0.4) is 0 Å². The summed E-state index contributed by atoms with van der Waals surface area (Å²) in [4.78, 5) is 8.50. The minimum absolute atomic E-state index is 0.0323. The minimum Gasteiger partial charge on any atom is -0.422 e. The van der Waals surface area contributed by atoms with Crippen molar-refractivity contribution in [1.29, 1.82) is 0 Å². The minimum atomic E-state index is -4.51. The number of alkyl halides is 3. The van der Waals surface area contributed by atoms with Crippen molar-refractivity contribution in [2.45, 2.75) is 6.18 Å². The molecule has 0 atom stereocenters. The van der Waals surface area contributed by atoms with Crippen LogP contribution < -0.4 is 0 Å². The van der Waals surface area contributed by atoms with Crippen molar-refractivity contribution in [3.8, 4) is 11.6 Å². The van der Waals surface area contributed by atoms with E-state index in [-0.39, 0.29) is 22.6 Å². The summed E-state index contributed by atoms with van der Waals surface area (Å²) in [6, 6.07) is 3.79. The number of imidazole rings is 1. The second kappa shape index (κ2) is 4.88. The maximum atomic E-state index is 13.3. The van der Waals surface area contributed by atoms with Crippen molar-refractivity contribution in [2.75, 3.05) is 0 Å². The van der Waals surface area contributed by atoms with E-state index in [1.807, 2.05) is 0 Å². The molecule has 0 N–H and O–H groups in total. The zero-order valence-corrected chi connectivity index (χ0v) is 11.9. The Balaban J connectivity index is 2.08. The number of aromatic nitrogens is 5. The molecule has 0 aliphatic rings. The molecule has 4 aromatic heterocycles. The fourth-order valence-electron chi connectivity index (χ4n) is 2.48. The van der Waals surface area contributed by atoms with Gasteiger partial charge in [-0.15, -0.1) is 10.2 Å². The largest absolute Gasteiger partial charge is 0.422 e. The van der Waals surface area contributed by atoms with Crippen molar-refractivity contribution in [3.05, 3.63) is 48.6 Å². The van der Waals surface area contributed by atoms with Crippen LogP contribution >= 0.6 is 0 Å². The van der Waals surface area contributed by atoms with Crippen LogP contribution in [0.5, 0.6) is 0 Å². The first-order valence-corrected chi connectivity index (χ1v) is 6.76. The lowest BCUT2D eigenvalue weighted by molar-refractivity contribution is -0.136. The molecule has 0 bridgehead atoms. The van der Waals surface area contributed by atoms with Gasteiger partial charge in [-0.3, -0.25) is 4.40 Å². The van der Waals surface area contributed by atoms with Gasteiger partial charge in [0.2, 0.25) is 6.39 Å². The molecule has 0 aliphatic carbocycles. The van der Waals surface area contributed by atoms with Gasteiger partial charge in [-0.05, 0) is 24.3 Å². The van der Waals surface area contributed by atoms with E-state index in [4.69, 9.17) is 4.42 Å². The number of fused-ring (bicyclic) bond motifs is 3. The molecule has 0 spiro atoms. The van der Waals surface area contributed by atoms with Crippen LogP contribution in [0.4, 0.5) is 13.2 Å². The molecule has 0 radical (unpaired) electrons. The lowest BCUT2D eigenvalue weighted by atomic mass is 10.1. The Bertz CT molecular complexity index is 1070. The summed E-state index contributed by atoms with van der Waals surface area (Å²) in [6.07, 6.45) is -0.593. The quantitative estimate of drug-likeness (QED) is 0.561. The smallest absolute Gasteiger partial charge is 0.417 e. The molecule has 120 valence electrons. The Hall–Kier alpha value is -3.23. The summed E-state index contributed by atoms with van der Waals surface area (Å²) >= 11 is 0. The molecule has 0 unspecified atom stereocenters. The topological polar surface area (TPSA) is 69.1 Å². The van der Waals surface area contributed by atoms with Gasteiger partial charge in [0.05, 0.1) is 11.3 Å². The molecule has 0 saturated heterocycles. The molecule has 0 amide bonds. The average Bonchev–Trinajstić information content (AvgIpc) is 3.21. The van der Waals surface area contributed by atoms with Gasteiger partial charge in [-0.1, -0.05) is 6.58 Å². The van der Waals surface area contributed by atoms with Crippen molar-refractivity contribution in [1.82, 2.24) is 24.6 Å². The predicted octanol–water partition coefficient (Wildman–Crippen LogP) is 3.59. The van der Waals surface area contributed by atoms with Crippen molar-refractivity contribution >= 4 is 22.8 Å². The lowest BCUT2D eigenvalue weighted by Crippen LogP contribution is -2.08. The van der Waals surface area contributed by atoms with E-state index in [2.05, 4.69) is 26.7 Å². The van der Waals surface area contributed by atoms with Crippen LogP contribution in [-0.2, 0) is 6.18 Å². The van der Waals surface area contributed by atoms with Gasteiger partial charge >= 0.3 is 6.18 Å². The molecule has 4 aromatic rings. The maximum Gasteiger partial charge on any atom is 0.417 e. The van der Waals surface area contributed by atoms with Crippen molar-refractivity contribution in [3.63, 3.8) is 0 Å². The normalized spacial score (nSPS) is 12.1. The standard InChI is InChI=1S/C15H8F3N5O/c1-2-8-5-10(15(16,17)18)9-3-4-12-21-11(14-22-19-7-24-14)6-23(12)13(9)20-8/h2-7H,1H2. The molecule has 0 fully saturated rings. The maximum absolute atomic E-state index is 13.3. The van der Waals surface area contributed by atoms with Gasteiger partial charge in [0, 0.05) is 11.6 Å². The number of hydrogen-bond donors (Lipinski definition) is 0. The summed E-state index contributed by atoms with van der Waals surface area (Å²) in [7, 11) is 0. The molecule has 4 heterocycles. The molecule has 0 aromatic carbocycles. The van der Waals surface area contributed by atoms with Crippen LogP contribution in [0.2, 0.25) is 0 Å². The summed E-state index contributed by atoms with van der Waals surface area (Å²) in [6.45, 7) is 3.50. The first-order valence-electron chi connectivity index (χ1n) is 6.76. The van der Waals surface area contributed by atoms with Gasteiger partial charge in [0.15, 0.2) is 0 Å². The Labute approximate surface area is 132 Å². The molecule has 6 nitrogen and oxygen atoms in total. The molecular formula is C15H8F3N5O. The molecular weight excluding hydrogens is 323 g/mol. The molecule has 0 saturated carbocycles. The van der Waals surface area contributed by atoms with Crippen LogP contribution in [0.25, 0.3) is 34.3 Å². The molecule has 24 heavy (non-hydrogen) atoms. The van der Waals surface area contributed by atoms with Crippen LogP contribution in [-0.4, -0.2) is 24.6 Å². The second-order valence-electron chi connectivity index (χ2n) is 4.97. The highest BCUT2D eigenvalue weighted by Gasteiger charge is 2.33. The zero-order valence-electron chi connectivity index (χ0n) is 11.9. The highest BCUT2D eigenvalue weighted by molar-refractivity contribution is 5.84. The van der Waals surface area contributed by atoms with E-state index < -0.39 is 11.7 Å². The number of halogens is 3. The number of hydrogen-bond acceptors (Lipinski definition) is 5. The van der Waals surface area contributed by atoms with Gasteiger partial charge in [0.25, 0.3) is 5.89 Å². The highest BCUT2D eigenvalue weighted by Crippen LogP contribution is 2.35. The third kappa shape index (κ3) is 2.13. The first-order chi connectivity index (χ1) is 11.5. The second-order valence-corrected chi connectivity index (χ2v) is 4.97. The van der Waals surface area contributed by atoms with Crippen molar-refractivity contribution < 1.29 is 17.6 Å². The zero-order chi connectivity index (χ0) is 16.9. The summed E-state index contributed by atoms with van der Waals surface area (Å²) < 4.78 is 46.6. The Kier molecular flexibility index (Phi) is 2.92. The molecule has 9 heteroatoms. The van der Waals surface area contributed by atoms with Gasteiger partial charge in [-0.2, -0.15) is 13.2 Å². The Morgan fingerprint density at radius 1 is 1.21 bits per heavy atom. The summed E-state index contributed by atoms with van der Waals surface area (Å²) in [5, 5.41) is 7.27. The molecule has 4 rings (SSSR count). The monoisotopic (exact) mass is 331 g/mol. The Morgan fingerprint density at radius 2 is 2.04 bits per heavy atom. The van der Waals surface area contributed by atoms with E-state index in [1.54, 1.807) is 0 Å². The highest BCUT2D eigenvalue weighted by atomic mass is 19.4. The van der Waals surface area contributed by atoms with E-state index >= 15 is 0 Å². The van der Waals surface area contributed by atoms with Crippen molar-refractivity contribution in [2.24, 2.45) is 0 Å². The van der Waals surface area contributed by atoms with Gasteiger partial charge < -0.3 is 4.42 Å². The summed E-state index contributed by atoms with van der Waals surface area (Å²) in [5.41, 5.74) is 0.222. The van der Waals surface area contributed by atoms with Crippen LogP contribution in [0, 0.1) is 0 Å². The predicted molar refractivity (Wildman–Crippen MR) is 78.9 cm³/mol.